The van der Waals surface area contributed by atoms with Crippen molar-refractivity contribution < 1.29 is 9.47 Å². The highest BCUT2D eigenvalue weighted by Gasteiger charge is 2.41. The summed E-state index contributed by atoms with van der Waals surface area (Å²) in [6, 6.07) is 0.420. The van der Waals surface area contributed by atoms with Gasteiger partial charge in [-0.25, -0.2) is 0 Å². The lowest BCUT2D eigenvalue weighted by Crippen LogP contribution is -2.47. The van der Waals surface area contributed by atoms with E-state index in [2.05, 4.69) is 36.4 Å². The Kier molecular flexibility index (Phi) is 6.10. The first kappa shape index (κ1) is 15.6. The molecule has 2 heterocycles. The monoisotopic (exact) mass is 283 g/mol. The number of fused-ring (bicyclic) bond motifs is 2. The molecule has 2 aliphatic rings. The Morgan fingerprint density at radius 2 is 2.25 bits per heavy atom. The minimum absolute atomic E-state index is 0.376. The van der Waals surface area contributed by atoms with Crippen LogP contribution in [0.1, 0.15) is 40.0 Å². The van der Waals surface area contributed by atoms with Crippen LogP contribution in [0.25, 0.3) is 0 Å². The number of hydrogen-bond acceptors (Lipinski definition) is 3. The second-order valence-electron chi connectivity index (χ2n) is 6.09. The molecule has 20 heavy (non-hydrogen) atoms. The van der Waals surface area contributed by atoms with E-state index in [0.29, 0.717) is 37.3 Å². The first-order chi connectivity index (χ1) is 9.69. The first-order valence-corrected chi connectivity index (χ1v) is 7.97. The van der Waals surface area contributed by atoms with Crippen LogP contribution in [0.2, 0.25) is 0 Å². The van der Waals surface area contributed by atoms with Crippen LogP contribution in [0.5, 0.6) is 0 Å². The molecule has 2 bridgehead atoms. The van der Waals surface area contributed by atoms with Crippen molar-refractivity contribution in [1.29, 1.82) is 0 Å². The van der Waals surface area contributed by atoms with Gasteiger partial charge < -0.3 is 20.1 Å². The second-order valence-corrected chi connectivity index (χ2v) is 6.09. The van der Waals surface area contributed by atoms with Crippen LogP contribution in [-0.2, 0) is 9.47 Å². The first-order valence-electron chi connectivity index (χ1n) is 7.97. The molecule has 0 spiro atoms. The Morgan fingerprint density at radius 1 is 1.40 bits per heavy atom. The van der Waals surface area contributed by atoms with Gasteiger partial charge in [0.2, 0.25) is 0 Å². The van der Waals surface area contributed by atoms with E-state index in [9.17, 15) is 0 Å². The summed E-state index contributed by atoms with van der Waals surface area (Å²) in [5.74, 6) is 1.47. The summed E-state index contributed by atoms with van der Waals surface area (Å²) in [6.45, 7) is 9.46. The lowest BCUT2D eigenvalue weighted by Gasteiger charge is -2.22. The number of nitrogens with one attached hydrogen (secondary N) is 2. The molecule has 0 saturated carbocycles. The van der Waals surface area contributed by atoms with Crippen LogP contribution in [-0.4, -0.2) is 50.5 Å². The van der Waals surface area contributed by atoms with Gasteiger partial charge in [-0.15, -0.1) is 0 Å². The molecule has 5 heteroatoms. The number of nitrogens with zero attached hydrogens (tertiary/aromatic N) is 1. The van der Waals surface area contributed by atoms with Gasteiger partial charge in [-0.2, -0.15) is 0 Å². The molecule has 116 valence electrons. The summed E-state index contributed by atoms with van der Waals surface area (Å²) >= 11 is 0. The van der Waals surface area contributed by atoms with Crippen LogP contribution in [0, 0.1) is 5.92 Å². The van der Waals surface area contributed by atoms with Crippen molar-refractivity contribution in [2.24, 2.45) is 10.9 Å². The van der Waals surface area contributed by atoms with Crippen molar-refractivity contribution in [2.45, 2.75) is 58.3 Å². The number of guanidine groups is 1. The SMILES string of the molecule is CCNC(=NCCOCC(C)C)NC1CC2CCC1O2. The minimum Gasteiger partial charge on any atom is -0.379 e. The van der Waals surface area contributed by atoms with Gasteiger partial charge in [0.05, 0.1) is 31.4 Å². The van der Waals surface area contributed by atoms with Gasteiger partial charge in [-0.3, -0.25) is 4.99 Å². The molecule has 0 aromatic heterocycles. The third-order valence-electron chi connectivity index (χ3n) is 3.73. The van der Waals surface area contributed by atoms with E-state index in [4.69, 9.17) is 9.47 Å². The fourth-order valence-electron chi connectivity index (χ4n) is 2.83. The predicted molar refractivity (Wildman–Crippen MR) is 81.1 cm³/mol. The van der Waals surface area contributed by atoms with E-state index in [-0.39, 0.29) is 0 Å². The quantitative estimate of drug-likeness (QED) is 0.423. The maximum atomic E-state index is 5.86. The smallest absolute Gasteiger partial charge is 0.191 e. The lowest BCUT2D eigenvalue weighted by molar-refractivity contribution is 0.0992. The maximum Gasteiger partial charge on any atom is 0.191 e. The van der Waals surface area contributed by atoms with Crippen molar-refractivity contribution in [3.63, 3.8) is 0 Å². The summed E-state index contributed by atoms with van der Waals surface area (Å²) in [5.41, 5.74) is 0. The third-order valence-corrected chi connectivity index (χ3v) is 3.73. The van der Waals surface area contributed by atoms with Crippen LogP contribution < -0.4 is 10.6 Å². The standard InChI is InChI=1S/C15H29N3O2/c1-4-16-15(17-7-8-19-10-11(2)3)18-13-9-12-5-6-14(13)20-12/h11-14H,4-10H2,1-3H3,(H2,16,17,18). The highest BCUT2D eigenvalue weighted by molar-refractivity contribution is 5.80. The molecule has 2 aliphatic heterocycles. The zero-order chi connectivity index (χ0) is 14.4. The highest BCUT2D eigenvalue weighted by atomic mass is 16.5. The van der Waals surface area contributed by atoms with Gasteiger partial charge in [0.1, 0.15) is 0 Å². The Morgan fingerprint density at radius 3 is 2.85 bits per heavy atom. The average Bonchev–Trinajstić information content (AvgIpc) is 3.00. The van der Waals surface area contributed by atoms with Gasteiger partial charge in [-0.05, 0) is 32.1 Å². The molecule has 3 atom stereocenters. The molecule has 2 N–H and O–H groups in total. The molecule has 3 unspecified atom stereocenters. The van der Waals surface area contributed by atoms with Gasteiger partial charge >= 0.3 is 0 Å². The van der Waals surface area contributed by atoms with Gasteiger partial charge in [0.25, 0.3) is 0 Å². The molecule has 0 aromatic carbocycles. The van der Waals surface area contributed by atoms with Crippen molar-refractivity contribution in [2.75, 3.05) is 26.3 Å². The molecule has 5 nitrogen and oxygen atoms in total. The molecular weight excluding hydrogens is 254 g/mol. The van der Waals surface area contributed by atoms with Crippen molar-refractivity contribution >= 4 is 5.96 Å². The molecule has 0 amide bonds. The summed E-state index contributed by atoms with van der Waals surface area (Å²) in [5, 5.41) is 6.80. The Balaban J connectivity index is 1.72. The van der Waals surface area contributed by atoms with Crippen molar-refractivity contribution in [3.05, 3.63) is 0 Å². The predicted octanol–water partition coefficient (Wildman–Crippen LogP) is 1.53. The molecule has 0 aromatic rings. The van der Waals surface area contributed by atoms with E-state index in [1.165, 1.54) is 12.8 Å². The number of rotatable bonds is 7. The van der Waals surface area contributed by atoms with E-state index >= 15 is 0 Å². The third kappa shape index (κ3) is 4.63. The average molecular weight is 283 g/mol. The number of ether oxygens (including phenoxy) is 2. The molecule has 0 aliphatic carbocycles. The van der Waals surface area contributed by atoms with E-state index in [1.807, 2.05) is 0 Å². The number of hydrogen-bond donors (Lipinski definition) is 2. The minimum atomic E-state index is 0.376. The Labute approximate surface area is 122 Å². The topological polar surface area (TPSA) is 54.9 Å². The summed E-state index contributed by atoms with van der Waals surface area (Å²) in [6.07, 6.45) is 4.35. The largest absolute Gasteiger partial charge is 0.379 e. The van der Waals surface area contributed by atoms with Crippen LogP contribution in [0.3, 0.4) is 0 Å². The van der Waals surface area contributed by atoms with E-state index in [1.54, 1.807) is 0 Å². The Hall–Kier alpha value is -0.810. The van der Waals surface area contributed by atoms with Gasteiger partial charge in [0.15, 0.2) is 5.96 Å². The number of aliphatic imine (C=N–C) groups is 1. The highest BCUT2D eigenvalue weighted by Crippen LogP contribution is 2.34. The van der Waals surface area contributed by atoms with Crippen molar-refractivity contribution in [1.82, 2.24) is 10.6 Å². The molecule has 0 radical (unpaired) electrons. The van der Waals surface area contributed by atoms with E-state index in [0.717, 1.165) is 25.5 Å². The van der Waals surface area contributed by atoms with Gasteiger partial charge in [0, 0.05) is 13.2 Å². The molecule has 2 rings (SSSR count). The fraction of sp³-hybridized carbons (Fsp3) is 0.933. The maximum absolute atomic E-state index is 5.86. The molecule has 2 saturated heterocycles. The van der Waals surface area contributed by atoms with Crippen molar-refractivity contribution in [3.8, 4) is 0 Å². The summed E-state index contributed by atoms with van der Waals surface area (Å²) in [4.78, 5) is 4.57. The fourth-order valence-corrected chi connectivity index (χ4v) is 2.83. The molecule has 2 fully saturated rings. The van der Waals surface area contributed by atoms with Crippen LogP contribution >= 0.6 is 0 Å². The lowest BCUT2D eigenvalue weighted by atomic mass is 9.96. The van der Waals surface area contributed by atoms with E-state index < -0.39 is 0 Å². The Bertz CT molecular complexity index is 320. The summed E-state index contributed by atoms with van der Waals surface area (Å²) < 4.78 is 11.4. The van der Waals surface area contributed by atoms with Gasteiger partial charge in [-0.1, -0.05) is 13.8 Å². The zero-order valence-electron chi connectivity index (χ0n) is 13.0. The van der Waals surface area contributed by atoms with Crippen LogP contribution in [0.15, 0.2) is 4.99 Å². The molecular formula is C15H29N3O2. The van der Waals surface area contributed by atoms with Crippen LogP contribution in [0.4, 0.5) is 0 Å². The second kappa shape index (κ2) is 7.84. The zero-order valence-corrected chi connectivity index (χ0v) is 13.0. The normalized spacial score (nSPS) is 29.2. The summed E-state index contributed by atoms with van der Waals surface area (Å²) in [7, 11) is 0.